The van der Waals surface area contributed by atoms with Crippen molar-refractivity contribution in [2.75, 3.05) is 13.2 Å². The summed E-state index contributed by atoms with van der Waals surface area (Å²) < 4.78 is 6.01. The topological polar surface area (TPSA) is 112 Å². The molecule has 8 heteroatoms. The zero-order valence-corrected chi connectivity index (χ0v) is 9.55. The van der Waals surface area contributed by atoms with Crippen molar-refractivity contribution in [2.45, 2.75) is 20.0 Å². The monoisotopic (exact) mass is 241 g/mol. The summed E-state index contributed by atoms with van der Waals surface area (Å²) in [5, 5.41) is 9.84. The van der Waals surface area contributed by atoms with Crippen LogP contribution in [0.4, 0.5) is 0 Å². The van der Waals surface area contributed by atoms with Crippen LogP contribution in [-0.4, -0.2) is 40.0 Å². The van der Waals surface area contributed by atoms with Crippen LogP contribution in [0.2, 0.25) is 0 Å². The molecule has 0 saturated heterocycles. The van der Waals surface area contributed by atoms with Gasteiger partial charge in [-0.25, -0.2) is 4.68 Å². The fourth-order valence-electron chi connectivity index (χ4n) is 1.10. The van der Waals surface area contributed by atoms with Crippen LogP contribution in [0.1, 0.15) is 12.6 Å². The Morgan fingerprint density at radius 2 is 2.35 bits per heavy atom. The Bertz CT molecular complexity index is 390. The maximum absolute atomic E-state index is 11.4. The van der Waals surface area contributed by atoms with E-state index in [2.05, 4.69) is 20.4 Å². The lowest BCUT2D eigenvalue weighted by Crippen LogP contribution is -2.33. The minimum atomic E-state index is -0.470. The fourth-order valence-corrected chi connectivity index (χ4v) is 1.10. The highest BCUT2D eigenvalue weighted by Gasteiger charge is 2.07. The van der Waals surface area contributed by atoms with E-state index in [0.717, 1.165) is 0 Å². The number of carbonyl (C=O) groups excluding carboxylic acids is 2. The summed E-state index contributed by atoms with van der Waals surface area (Å²) in [6.07, 6.45) is 1.57. The number of carbonyl (C=O) groups is 2. The van der Waals surface area contributed by atoms with Gasteiger partial charge in [0.2, 0.25) is 5.91 Å². The van der Waals surface area contributed by atoms with E-state index in [1.807, 2.05) is 0 Å². The van der Waals surface area contributed by atoms with Gasteiger partial charge in [-0.05, 0) is 6.92 Å². The molecule has 0 aliphatic carbocycles. The molecular formula is C9H15N5O3. The molecule has 1 aromatic heterocycles. The molecule has 0 fully saturated rings. The van der Waals surface area contributed by atoms with Crippen molar-refractivity contribution in [3.8, 4) is 0 Å². The molecule has 94 valence electrons. The number of nitrogens with one attached hydrogen (secondary N) is 1. The van der Waals surface area contributed by atoms with E-state index < -0.39 is 5.97 Å². The van der Waals surface area contributed by atoms with Crippen LogP contribution in [0.25, 0.3) is 0 Å². The number of amides is 1. The van der Waals surface area contributed by atoms with Crippen LogP contribution < -0.4 is 11.1 Å². The van der Waals surface area contributed by atoms with Gasteiger partial charge >= 0.3 is 5.97 Å². The molecule has 0 spiro atoms. The van der Waals surface area contributed by atoms with E-state index in [0.29, 0.717) is 5.69 Å². The van der Waals surface area contributed by atoms with Crippen molar-refractivity contribution in [3.05, 3.63) is 11.9 Å². The Labute approximate surface area is 98.1 Å². The minimum Gasteiger partial charge on any atom is -0.465 e. The summed E-state index contributed by atoms with van der Waals surface area (Å²) in [7, 11) is 0. The second kappa shape index (κ2) is 6.59. The molecule has 8 nitrogen and oxygen atoms in total. The molecular weight excluding hydrogens is 226 g/mol. The number of ether oxygens (including phenoxy) is 1. The van der Waals surface area contributed by atoms with Crippen LogP contribution in [0.15, 0.2) is 6.20 Å². The van der Waals surface area contributed by atoms with Gasteiger partial charge in [0.15, 0.2) is 0 Å². The smallest absolute Gasteiger partial charge is 0.325 e. The Hall–Kier alpha value is -1.96. The molecule has 0 atom stereocenters. The van der Waals surface area contributed by atoms with E-state index in [9.17, 15) is 9.59 Å². The highest BCUT2D eigenvalue weighted by Crippen LogP contribution is 1.90. The van der Waals surface area contributed by atoms with Crippen LogP contribution >= 0.6 is 0 Å². The molecule has 3 N–H and O–H groups in total. The standard InChI is InChI=1S/C9H15N5O3/c1-2-17-9(16)4-11-8(15)6-14-5-7(3-10)12-13-14/h5H,2-4,6,10H2,1H3,(H,11,15). The van der Waals surface area contributed by atoms with Crippen molar-refractivity contribution in [1.29, 1.82) is 0 Å². The van der Waals surface area contributed by atoms with Crippen molar-refractivity contribution >= 4 is 11.9 Å². The number of esters is 1. The minimum absolute atomic E-state index is 0.00753. The Morgan fingerprint density at radius 1 is 1.59 bits per heavy atom. The second-order valence-electron chi connectivity index (χ2n) is 3.19. The van der Waals surface area contributed by atoms with Crippen molar-refractivity contribution < 1.29 is 14.3 Å². The van der Waals surface area contributed by atoms with Crippen LogP contribution in [0.5, 0.6) is 0 Å². The highest BCUT2D eigenvalue weighted by atomic mass is 16.5. The lowest BCUT2D eigenvalue weighted by Gasteiger charge is -2.04. The van der Waals surface area contributed by atoms with E-state index in [1.54, 1.807) is 13.1 Å². The molecule has 1 aromatic rings. The third-order valence-corrected chi connectivity index (χ3v) is 1.84. The van der Waals surface area contributed by atoms with Gasteiger partial charge in [0.1, 0.15) is 13.1 Å². The molecule has 0 unspecified atom stereocenters. The van der Waals surface area contributed by atoms with Crippen molar-refractivity contribution in [1.82, 2.24) is 20.3 Å². The fraction of sp³-hybridized carbons (Fsp3) is 0.556. The van der Waals surface area contributed by atoms with Gasteiger partial charge in [-0.3, -0.25) is 9.59 Å². The van der Waals surface area contributed by atoms with Crippen molar-refractivity contribution in [2.24, 2.45) is 5.73 Å². The Balaban J connectivity index is 2.32. The number of aromatic nitrogens is 3. The summed E-state index contributed by atoms with van der Waals surface area (Å²) in [6.45, 7) is 2.10. The number of nitrogens with two attached hydrogens (primary N) is 1. The van der Waals surface area contributed by atoms with E-state index >= 15 is 0 Å². The molecule has 17 heavy (non-hydrogen) atoms. The van der Waals surface area contributed by atoms with E-state index in [1.165, 1.54) is 4.68 Å². The summed E-state index contributed by atoms with van der Waals surface area (Å²) >= 11 is 0. The third-order valence-electron chi connectivity index (χ3n) is 1.84. The molecule has 0 aromatic carbocycles. The summed E-state index contributed by atoms with van der Waals surface area (Å²) in [5.41, 5.74) is 5.95. The molecule has 1 heterocycles. The first-order chi connectivity index (χ1) is 8.15. The lowest BCUT2D eigenvalue weighted by atomic mass is 10.5. The lowest BCUT2D eigenvalue weighted by molar-refractivity contribution is -0.143. The maximum Gasteiger partial charge on any atom is 0.325 e. The molecule has 0 bridgehead atoms. The summed E-state index contributed by atoms with van der Waals surface area (Å²) in [6, 6.07) is 0. The predicted octanol–water partition coefficient (Wildman–Crippen LogP) is -1.58. The zero-order valence-electron chi connectivity index (χ0n) is 9.55. The van der Waals surface area contributed by atoms with Gasteiger partial charge in [-0.1, -0.05) is 5.21 Å². The first kappa shape index (κ1) is 13.1. The third kappa shape index (κ3) is 4.60. The SMILES string of the molecule is CCOC(=O)CNC(=O)Cn1cc(CN)nn1. The second-order valence-corrected chi connectivity index (χ2v) is 3.19. The van der Waals surface area contributed by atoms with Gasteiger partial charge in [0.25, 0.3) is 0 Å². The Kier molecular flexibility index (Phi) is 5.08. The largest absolute Gasteiger partial charge is 0.465 e. The van der Waals surface area contributed by atoms with Crippen LogP contribution in [0, 0.1) is 0 Å². The quantitative estimate of drug-likeness (QED) is 0.581. The normalized spacial score (nSPS) is 10.0. The van der Waals surface area contributed by atoms with Crippen LogP contribution in [0.3, 0.4) is 0 Å². The molecule has 0 aliphatic heterocycles. The first-order valence-corrected chi connectivity index (χ1v) is 5.17. The number of rotatable bonds is 6. The van der Waals surface area contributed by atoms with Crippen molar-refractivity contribution in [3.63, 3.8) is 0 Å². The van der Waals surface area contributed by atoms with Crippen LogP contribution in [-0.2, 0) is 27.4 Å². The van der Waals surface area contributed by atoms with E-state index in [-0.39, 0.29) is 32.1 Å². The van der Waals surface area contributed by atoms with Gasteiger partial charge < -0.3 is 15.8 Å². The summed E-state index contributed by atoms with van der Waals surface area (Å²) in [5.74, 6) is -0.811. The number of hydrogen-bond donors (Lipinski definition) is 2. The van der Waals surface area contributed by atoms with E-state index in [4.69, 9.17) is 5.73 Å². The highest BCUT2D eigenvalue weighted by molar-refractivity contribution is 5.81. The molecule has 0 aliphatic rings. The zero-order chi connectivity index (χ0) is 12.7. The molecule has 0 radical (unpaired) electrons. The number of nitrogens with zero attached hydrogens (tertiary/aromatic N) is 3. The van der Waals surface area contributed by atoms with Gasteiger partial charge in [0, 0.05) is 6.54 Å². The maximum atomic E-state index is 11.4. The van der Waals surface area contributed by atoms with Gasteiger partial charge in [0.05, 0.1) is 18.5 Å². The Morgan fingerprint density at radius 3 is 2.94 bits per heavy atom. The average Bonchev–Trinajstić information content (AvgIpc) is 2.74. The molecule has 1 rings (SSSR count). The van der Waals surface area contributed by atoms with Gasteiger partial charge in [-0.2, -0.15) is 0 Å². The average molecular weight is 241 g/mol. The summed E-state index contributed by atoms with van der Waals surface area (Å²) in [4.78, 5) is 22.3. The van der Waals surface area contributed by atoms with Gasteiger partial charge in [-0.15, -0.1) is 5.10 Å². The molecule has 0 saturated carbocycles. The molecule has 1 amide bonds. The number of hydrogen-bond acceptors (Lipinski definition) is 6. The predicted molar refractivity (Wildman–Crippen MR) is 57.6 cm³/mol. The first-order valence-electron chi connectivity index (χ1n) is 5.17.